The summed E-state index contributed by atoms with van der Waals surface area (Å²) in [7, 11) is 1.94. The molecule has 2 aromatic heterocycles. The SMILES string of the molecule is CCNC(Cc1ccn(C)n1)c1ccc(Cl)s1. The molecule has 0 fully saturated rings. The van der Waals surface area contributed by atoms with Gasteiger partial charge in [0.2, 0.25) is 0 Å². The summed E-state index contributed by atoms with van der Waals surface area (Å²) >= 11 is 7.61. The number of halogens is 1. The van der Waals surface area contributed by atoms with Gasteiger partial charge in [-0.25, -0.2) is 0 Å². The second-order valence-corrected chi connectivity index (χ2v) is 5.68. The van der Waals surface area contributed by atoms with Gasteiger partial charge in [0.05, 0.1) is 10.0 Å². The molecule has 0 saturated carbocycles. The van der Waals surface area contributed by atoms with Crippen LogP contribution in [0, 0.1) is 0 Å². The minimum atomic E-state index is 0.299. The highest BCUT2D eigenvalue weighted by molar-refractivity contribution is 7.16. The lowest BCUT2D eigenvalue weighted by Crippen LogP contribution is -2.22. The van der Waals surface area contributed by atoms with Crippen molar-refractivity contribution in [2.24, 2.45) is 7.05 Å². The third kappa shape index (κ3) is 3.31. The largest absolute Gasteiger partial charge is 0.309 e. The zero-order valence-corrected chi connectivity index (χ0v) is 11.6. The normalized spacial score (nSPS) is 12.9. The number of likely N-dealkylation sites (N-methyl/N-ethyl adjacent to an activating group) is 1. The van der Waals surface area contributed by atoms with Crippen molar-refractivity contribution in [3.63, 3.8) is 0 Å². The lowest BCUT2D eigenvalue weighted by molar-refractivity contribution is 0.547. The van der Waals surface area contributed by atoms with Gasteiger partial charge < -0.3 is 5.32 Å². The average Bonchev–Trinajstić information content (AvgIpc) is 2.87. The van der Waals surface area contributed by atoms with Gasteiger partial charge in [-0.2, -0.15) is 5.10 Å². The van der Waals surface area contributed by atoms with Gasteiger partial charge in [0.1, 0.15) is 0 Å². The maximum atomic E-state index is 5.98. The Morgan fingerprint density at radius 3 is 2.82 bits per heavy atom. The molecule has 0 aliphatic heterocycles. The van der Waals surface area contributed by atoms with Crippen LogP contribution in [0.1, 0.15) is 23.5 Å². The summed E-state index contributed by atoms with van der Waals surface area (Å²) < 4.78 is 2.67. The Balaban J connectivity index is 2.12. The number of rotatable bonds is 5. The molecule has 0 aromatic carbocycles. The van der Waals surface area contributed by atoms with Gasteiger partial charge in [-0.15, -0.1) is 11.3 Å². The summed E-state index contributed by atoms with van der Waals surface area (Å²) in [6.45, 7) is 3.05. The van der Waals surface area contributed by atoms with Gasteiger partial charge in [-0.3, -0.25) is 4.68 Å². The Morgan fingerprint density at radius 2 is 2.29 bits per heavy atom. The summed E-state index contributed by atoms with van der Waals surface area (Å²) in [5, 5.41) is 7.89. The first-order chi connectivity index (χ1) is 8.19. The predicted molar refractivity (Wildman–Crippen MR) is 72.7 cm³/mol. The van der Waals surface area contributed by atoms with Crippen molar-refractivity contribution in [2.45, 2.75) is 19.4 Å². The fourth-order valence-corrected chi connectivity index (χ4v) is 2.95. The van der Waals surface area contributed by atoms with Crippen LogP contribution in [0.25, 0.3) is 0 Å². The van der Waals surface area contributed by atoms with E-state index < -0.39 is 0 Å². The summed E-state index contributed by atoms with van der Waals surface area (Å²) in [5.74, 6) is 0. The molecular weight excluding hydrogens is 254 g/mol. The van der Waals surface area contributed by atoms with Crippen LogP contribution in [-0.4, -0.2) is 16.3 Å². The Hall–Kier alpha value is -0.840. The molecular formula is C12H16ClN3S. The van der Waals surface area contributed by atoms with E-state index in [9.17, 15) is 0 Å². The van der Waals surface area contributed by atoms with E-state index in [1.165, 1.54) is 4.88 Å². The maximum absolute atomic E-state index is 5.98. The molecule has 1 N–H and O–H groups in total. The molecule has 1 unspecified atom stereocenters. The lowest BCUT2D eigenvalue weighted by atomic mass is 10.1. The predicted octanol–water partition coefficient (Wildman–Crippen LogP) is 3.03. The van der Waals surface area contributed by atoms with E-state index in [0.717, 1.165) is 23.0 Å². The van der Waals surface area contributed by atoms with Crippen LogP contribution >= 0.6 is 22.9 Å². The van der Waals surface area contributed by atoms with E-state index in [0.29, 0.717) is 6.04 Å². The molecule has 0 saturated heterocycles. The van der Waals surface area contributed by atoms with Crippen molar-refractivity contribution in [2.75, 3.05) is 6.54 Å². The summed E-state index contributed by atoms with van der Waals surface area (Å²) in [6, 6.07) is 6.39. The van der Waals surface area contributed by atoms with Crippen molar-refractivity contribution < 1.29 is 0 Å². The molecule has 0 aliphatic carbocycles. The summed E-state index contributed by atoms with van der Waals surface area (Å²) in [5.41, 5.74) is 1.10. The topological polar surface area (TPSA) is 29.9 Å². The highest BCUT2D eigenvalue weighted by atomic mass is 35.5. The fraction of sp³-hybridized carbons (Fsp3) is 0.417. The number of aryl methyl sites for hydroxylation is 1. The molecule has 3 nitrogen and oxygen atoms in total. The Bertz CT molecular complexity index is 478. The Morgan fingerprint density at radius 1 is 1.47 bits per heavy atom. The third-order valence-corrected chi connectivity index (χ3v) is 3.91. The van der Waals surface area contributed by atoms with Gasteiger partial charge in [-0.05, 0) is 24.7 Å². The van der Waals surface area contributed by atoms with Crippen LogP contribution in [0.4, 0.5) is 0 Å². The van der Waals surface area contributed by atoms with E-state index in [-0.39, 0.29) is 0 Å². The molecule has 2 rings (SSSR count). The number of nitrogens with one attached hydrogen (secondary N) is 1. The van der Waals surface area contributed by atoms with Gasteiger partial charge in [0.15, 0.2) is 0 Å². The molecule has 0 aliphatic rings. The van der Waals surface area contributed by atoms with Gasteiger partial charge in [-0.1, -0.05) is 18.5 Å². The Kier molecular flexibility index (Phi) is 4.20. The van der Waals surface area contributed by atoms with Gasteiger partial charge in [0.25, 0.3) is 0 Å². The first-order valence-corrected chi connectivity index (χ1v) is 6.85. The first-order valence-electron chi connectivity index (χ1n) is 5.66. The number of nitrogens with zero attached hydrogens (tertiary/aromatic N) is 2. The van der Waals surface area contributed by atoms with Crippen LogP contribution < -0.4 is 5.32 Å². The number of hydrogen-bond donors (Lipinski definition) is 1. The zero-order valence-electron chi connectivity index (χ0n) is 9.98. The van der Waals surface area contributed by atoms with Crippen molar-refractivity contribution >= 4 is 22.9 Å². The summed E-state index contributed by atoms with van der Waals surface area (Å²) in [6.07, 6.45) is 2.87. The quantitative estimate of drug-likeness (QED) is 0.904. The van der Waals surface area contributed by atoms with E-state index in [4.69, 9.17) is 11.6 Å². The lowest BCUT2D eigenvalue weighted by Gasteiger charge is -2.14. The van der Waals surface area contributed by atoms with Crippen LogP contribution in [0.15, 0.2) is 24.4 Å². The zero-order chi connectivity index (χ0) is 12.3. The van der Waals surface area contributed by atoms with E-state index in [1.54, 1.807) is 11.3 Å². The van der Waals surface area contributed by atoms with E-state index in [2.05, 4.69) is 29.5 Å². The number of thiophene rings is 1. The average molecular weight is 270 g/mol. The third-order valence-electron chi connectivity index (χ3n) is 2.57. The minimum absolute atomic E-state index is 0.299. The fourth-order valence-electron chi connectivity index (χ4n) is 1.82. The van der Waals surface area contributed by atoms with E-state index in [1.807, 2.05) is 24.0 Å². The monoisotopic (exact) mass is 269 g/mol. The molecule has 92 valence electrons. The molecule has 0 radical (unpaired) electrons. The molecule has 2 aromatic rings. The number of hydrogen-bond acceptors (Lipinski definition) is 3. The molecule has 0 bridgehead atoms. The van der Waals surface area contributed by atoms with Crippen LogP contribution in [0.3, 0.4) is 0 Å². The first kappa shape index (κ1) is 12.6. The smallest absolute Gasteiger partial charge is 0.0931 e. The van der Waals surface area contributed by atoms with Crippen molar-refractivity contribution in [1.29, 1.82) is 0 Å². The standard InChI is InChI=1S/C12H16ClN3S/c1-3-14-10(11-4-5-12(13)17-11)8-9-6-7-16(2)15-9/h4-7,10,14H,3,8H2,1-2H3. The molecule has 1 atom stereocenters. The summed E-state index contributed by atoms with van der Waals surface area (Å²) in [4.78, 5) is 1.27. The molecule has 17 heavy (non-hydrogen) atoms. The van der Waals surface area contributed by atoms with Crippen LogP contribution in [0.5, 0.6) is 0 Å². The van der Waals surface area contributed by atoms with E-state index >= 15 is 0 Å². The van der Waals surface area contributed by atoms with Gasteiger partial charge >= 0.3 is 0 Å². The highest BCUT2D eigenvalue weighted by Crippen LogP contribution is 2.28. The van der Waals surface area contributed by atoms with Crippen molar-refractivity contribution in [3.05, 3.63) is 39.3 Å². The maximum Gasteiger partial charge on any atom is 0.0931 e. The highest BCUT2D eigenvalue weighted by Gasteiger charge is 2.14. The second kappa shape index (κ2) is 5.67. The van der Waals surface area contributed by atoms with Crippen LogP contribution in [0.2, 0.25) is 4.34 Å². The van der Waals surface area contributed by atoms with Gasteiger partial charge in [0, 0.05) is 30.6 Å². The molecule has 0 spiro atoms. The van der Waals surface area contributed by atoms with Crippen molar-refractivity contribution in [1.82, 2.24) is 15.1 Å². The van der Waals surface area contributed by atoms with Crippen LogP contribution in [-0.2, 0) is 13.5 Å². The second-order valence-electron chi connectivity index (χ2n) is 3.94. The minimum Gasteiger partial charge on any atom is -0.309 e. The number of aromatic nitrogens is 2. The molecule has 2 heterocycles. The molecule has 0 amide bonds. The molecule has 5 heteroatoms. The Labute approximate surface area is 110 Å². The van der Waals surface area contributed by atoms with Crippen molar-refractivity contribution in [3.8, 4) is 0 Å².